The third-order valence-corrected chi connectivity index (χ3v) is 3.17. The molecule has 19 heavy (non-hydrogen) atoms. The highest BCUT2D eigenvalue weighted by Crippen LogP contribution is 2.12. The van der Waals surface area contributed by atoms with E-state index in [4.69, 9.17) is 0 Å². The van der Waals surface area contributed by atoms with Gasteiger partial charge in [-0.15, -0.1) is 0 Å². The van der Waals surface area contributed by atoms with E-state index in [9.17, 15) is 14.7 Å². The van der Waals surface area contributed by atoms with Crippen molar-refractivity contribution in [3.63, 3.8) is 0 Å². The summed E-state index contributed by atoms with van der Waals surface area (Å²) in [6.45, 7) is 9.63. The Balaban J connectivity index is 4.31. The zero-order chi connectivity index (χ0) is 15.1. The average molecular weight is 272 g/mol. The van der Waals surface area contributed by atoms with Crippen LogP contribution in [0.25, 0.3) is 0 Å². The molecule has 0 aliphatic heterocycles. The van der Waals surface area contributed by atoms with E-state index in [1.807, 2.05) is 13.8 Å². The van der Waals surface area contributed by atoms with Crippen LogP contribution in [0.3, 0.4) is 0 Å². The summed E-state index contributed by atoms with van der Waals surface area (Å²) in [4.78, 5) is 23.0. The fourth-order valence-electron chi connectivity index (χ4n) is 1.89. The van der Waals surface area contributed by atoms with Crippen LogP contribution >= 0.6 is 0 Å². The lowest BCUT2D eigenvalue weighted by Gasteiger charge is -2.27. The normalized spacial score (nSPS) is 15.7. The summed E-state index contributed by atoms with van der Waals surface area (Å²) in [6, 6.07) is -0.364. The fourth-order valence-corrected chi connectivity index (χ4v) is 1.89. The van der Waals surface area contributed by atoms with Gasteiger partial charge in [-0.25, -0.2) is 9.59 Å². The van der Waals surface area contributed by atoms with Crippen LogP contribution in [0, 0.1) is 5.92 Å². The van der Waals surface area contributed by atoms with Gasteiger partial charge in [0.2, 0.25) is 0 Å². The van der Waals surface area contributed by atoms with Gasteiger partial charge in [-0.3, -0.25) is 0 Å². The highest BCUT2D eigenvalue weighted by molar-refractivity contribution is 5.85. The minimum absolute atomic E-state index is 0.0436. The number of carbonyl (C=O) groups is 2. The molecule has 0 aliphatic rings. The van der Waals surface area contributed by atoms with Gasteiger partial charge in [0.05, 0.1) is 0 Å². The Morgan fingerprint density at radius 1 is 1.21 bits per heavy atom. The zero-order valence-electron chi connectivity index (χ0n) is 12.7. The van der Waals surface area contributed by atoms with Crippen molar-refractivity contribution in [2.75, 3.05) is 0 Å². The summed E-state index contributed by atoms with van der Waals surface area (Å²) in [5.41, 5.74) is -1.20. The molecule has 112 valence electrons. The number of nitrogens with one attached hydrogen (secondary N) is 2. The van der Waals surface area contributed by atoms with Gasteiger partial charge in [-0.05, 0) is 39.0 Å². The lowest BCUT2D eigenvalue weighted by atomic mass is 9.96. The Morgan fingerprint density at radius 3 is 2.21 bits per heavy atom. The van der Waals surface area contributed by atoms with Crippen molar-refractivity contribution >= 4 is 12.0 Å². The first-order chi connectivity index (χ1) is 8.71. The molecule has 5 nitrogen and oxygen atoms in total. The minimum Gasteiger partial charge on any atom is -0.480 e. The summed E-state index contributed by atoms with van der Waals surface area (Å²) in [5.74, 6) is -0.406. The van der Waals surface area contributed by atoms with Crippen LogP contribution in [0.15, 0.2) is 0 Å². The molecule has 0 aromatic heterocycles. The largest absolute Gasteiger partial charge is 0.480 e. The number of carbonyl (C=O) groups excluding carboxylic acids is 1. The lowest BCUT2D eigenvalue weighted by molar-refractivity contribution is -0.144. The van der Waals surface area contributed by atoms with Gasteiger partial charge >= 0.3 is 12.0 Å². The second-order valence-corrected chi connectivity index (χ2v) is 5.86. The number of amides is 2. The maximum absolute atomic E-state index is 11.8. The van der Waals surface area contributed by atoms with Crippen molar-refractivity contribution in [2.45, 2.75) is 71.9 Å². The summed E-state index contributed by atoms with van der Waals surface area (Å²) in [6.07, 6.45) is 3.04. The molecule has 0 aromatic rings. The van der Waals surface area contributed by atoms with Crippen molar-refractivity contribution in [3.05, 3.63) is 0 Å². The summed E-state index contributed by atoms with van der Waals surface area (Å²) < 4.78 is 0. The van der Waals surface area contributed by atoms with Crippen LogP contribution in [0.1, 0.15) is 60.3 Å². The third kappa shape index (κ3) is 7.03. The standard InChI is InChI=1S/C14H28N2O3/c1-6-9-14(5,12(17)18)16-13(19)15-11(4)8-7-10(2)3/h10-11H,6-9H2,1-5H3,(H,17,18)(H2,15,16,19). The number of rotatable bonds is 8. The van der Waals surface area contributed by atoms with Gasteiger partial charge in [0, 0.05) is 6.04 Å². The molecule has 3 N–H and O–H groups in total. The molecule has 5 heteroatoms. The molecule has 0 bridgehead atoms. The van der Waals surface area contributed by atoms with E-state index in [0.717, 1.165) is 12.8 Å². The molecule has 0 aromatic carbocycles. The Hall–Kier alpha value is -1.26. The van der Waals surface area contributed by atoms with Crippen molar-refractivity contribution in [2.24, 2.45) is 5.92 Å². The number of urea groups is 1. The fraction of sp³-hybridized carbons (Fsp3) is 0.857. The SMILES string of the molecule is CCCC(C)(NC(=O)NC(C)CCC(C)C)C(=O)O. The van der Waals surface area contributed by atoms with Crippen molar-refractivity contribution in [3.8, 4) is 0 Å². The molecule has 0 radical (unpaired) electrons. The molecular formula is C14H28N2O3. The van der Waals surface area contributed by atoms with Gasteiger partial charge in [0.25, 0.3) is 0 Å². The average Bonchev–Trinajstić information content (AvgIpc) is 2.26. The summed E-state index contributed by atoms with van der Waals surface area (Å²) in [5, 5.41) is 14.5. The summed E-state index contributed by atoms with van der Waals surface area (Å²) in [7, 11) is 0. The summed E-state index contributed by atoms with van der Waals surface area (Å²) >= 11 is 0. The number of carboxylic acids is 1. The first kappa shape index (κ1) is 17.7. The Kier molecular flexibility index (Phi) is 7.49. The molecular weight excluding hydrogens is 244 g/mol. The van der Waals surface area contributed by atoms with E-state index in [-0.39, 0.29) is 6.04 Å². The van der Waals surface area contributed by atoms with Gasteiger partial charge in [0.15, 0.2) is 0 Å². The Morgan fingerprint density at radius 2 is 1.79 bits per heavy atom. The predicted molar refractivity (Wildman–Crippen MR) is 76.2 cm³/mol. The molecule has 0 heterocycles. The number of hydrogen-bond acceptors (Lipinski definition) is 2. The quantitative estimate of drug-likeness (QED) is 0.635. The monoisotopic (exact) mass is 272 g/mol. The van der Waals surface area contributed by atoms with E-state index in [0.29, 0.717) is 18.8 Å². The van der Waals surface area contributed by atoms with Crippen molar-refractivity contribution < 1.29 is 14.7 Å². The van der Waals surface area contributed by atoms with Crippen LogP contribution in [-0.4, -0.2) is 28.7 Å². The molecule has 0 aliphatic carbocycles. The predicted octanol–water partition coefficient (Wildman–Crippen LogP) is 2.75. The van der Waals surface area contributed by atoms with Crippen molar-refractivity contribution in [1.82, 2.24) is 10.6 Å². The van der Waals surface area contributed by atoms with Gasteiger partial charge < -0.3 is 15.7 Å². The molecule has 0 spiro atoms. The van der Waals surface area contributed by atoms with E-state index in [1.165, 1.54) is 6.92 Å². The highest BCUT2D eigenvalue weighted by Gasteiger charge is 2.33. The molecule has 2 unspecified atom stereocenters. The van der Waals surface area contributed by atoms with Crippen LogP contribution in [0.5, 0.6) is 0 Å². The number of hydrogen-bond donors (Lipinski definition) is 3. The van der Waals surface area contributed by atoms with E-state index >= 15 is 0 Å². The maximum atomic E-state index is 11.8. The van der Waals surface area contributed by atoms with Gasteiger partial charge in [0.1, 0.15) is 5.54 Å². The Bertz CT molecular complexity index is 305. The second-order valence-electron chi connectivity index (χ2n) is 5.86. The minimum atomic E-state index is -1.20. The number of carboxylic acid groups (broad SMARTS) is 1. The van der Waals surface area contributed by atoms with Crippen LogP contribution in [-0.2, 0) is 4.79 Å². The third-order valence-electron chi connectivity index (χ3n) is 3.17. The first-order valence-corrected chi connectivity index (χ1v) is 7.03. The maximum Gasteiger partial charge on any atom is 0.329 e. The van der Waals surface area contributed by atoms with E-state index in [1.54, 1.807) is 0 Å². The topological polar surface area (TPSA) is 78.4 Å². The van der Waals surface area contributed by atoms with Crippen molar-refractivity contribution in [1.29, 1.82) is 0 Å². The zero-order valence-corrected chi connectivity index (χ0v) is 12.7. The second kappa shape index (κ2) is 8.02. The molecule has 0 rings (SSSR count). The molecule has 0 saturated carbocycles. The Labute approximate surface area is 116 Å². The number of aliphatic carboxylic acids is 1. The first-order valence-electron chi connectivity index (χ1n) is 7.03. The van der Waals surface area contributed by atoms with Crippen LogP contribution < -0.4 is 10.6 Å². The smallest absolute Gasteiger partial charge is 0.329 e. The highest BCUT2D eigenvalue weighted by atomic mass is 16.4. The molecule has 0 saturated heterocycles. The van der Waals surface area contributed by atoms with E-state index < -0.39 is 17.5 Å². The van der Waals surface area contributed by atoms with Crippen LogP contribution in [0.4, 0.5) is 4.79 Å². The lowest BCUT2D eigenvalue weighted by Crippen LogP contribution is -2.56. The molecule has 2 amide bonds. The van der Waals surface area contributed by atoms with E-state index in [2.05, 4.69) is 24.5 Å². The van der Waals surface area contributed by atoms with Crippen LogP contribution in [0.2, 0.25) is 0 Å². The van der Waals surface area contributed by atoms with Gasteiger partial charge in [-0.1, -0.05) is 27.2 Å². The molecule has 2 atom stereocenters. The molecule has 0 fully saturated rings. The van der Waals surface area contributed by atoms with Gasteiger partial charge in [-0.2, -0.15) is 0 Å².